The van der Waals surface area contributed by atoms with Crippen LogP contribution >= 0.6 is 11.6 Å². The van der Waals surface area contributed by atoms with Gasteiger partial charge in [0.25, 0.3) is 5.56 Å². The lowest BCUT2D eigenvalue weighted by Crippen LogP contribution is -2.39. The Balaban J connectivity index is 1.10. The van der Waals surface area contributed by atoms with Gasteiger partial charge < -0.3 is 18.9 Å². The molecule has 11 nitrogen and oxygen atoms in total. The number of carbonyl (C=O) groups excluding carboxylic acids is 1. The number of halogens is 1. The Hall–Kier alpha value is -4.64. The number of nitrogens with one attached hydrogen (secondary N) is 1. The van der Waals surface area contributed by atoms with Gasteiger partial charge in [-0.15, -0.1) is 0 Å². The van der Waals surface area contributed by atoms with E-state index in [4.69, 9.17) is 30.6 Å². The van der Waals surface area contributed by atoms with E-state index in [0.717, 1.165) is 11.1 Å². The summed E-state index contributed by atoms with van der Waals surface area (Å²) in [7, 11) is 3.14. The molecule has 0 aliphatic carbocycles. The number of aromatic amines is 1. The first-order valence-electron chi connectivity index (χ1n) is 13.2. The lowest BCUT2D eigenvalue weighted by molar-refractivity contribution is -0.132. The van der Waals surface area contributed by atoms with E-state index >= 15 is 0 Å². The van der Waals surface area contributed by atoms with Crippen LogP contribution in [0.3, 0.4) is 0 Å². The fourth-order valence-corrected chi connectivity index (χ4v) is 5.26. The molecule has 0 fully saturated rings. The van der Waals surface area contributed by atoms with Gasteiger partial charge in [-0.05, 0) is 37.1 Å². The largest absolute Gasteiger partial charge is 0.493 e. The number of rotatable bonds is 8. The number of fused-ring (bicyclic) bond motifs is 2. The lowest BCUT2D eigenvalue weighted by atomic mass is 10.1. The molecule has 1 aliphatic heterocycles. The first-order chi connectivity index (χ1) is 19.9. The molecule has 3 aromatic heterocycles. The minimum Gasteiger partial charge on any atom is -0.493 e. The Morgan fingerprint density at radius 2 is 1.93 bits per heavy atom. The molecule has 0 spiro atoms. The second-order valence-electron chi connectivity index (χ2n) is 9.69. The minimum absolute atomic E-state index is 0.0110. The molecule has 4 heterocycles. The molecule has 5 aromatic rings. The zero-order valence-electron chi connectivity index (χ0n) is 22.5. The molecule has 210 valence electrons. The predicted octanol–water partition coefficient (Wildman–Crippen LogP) is 4.32. The van der Waals surface area contributed by atoms with Gasteiger partial charge in [-0.25, -0.2) is 9.50 Å². The molecule has 0 bridgehead atoms. The van der Waals surface area contributed by atoms with Gasteiger partial charge in [-0.2, -0.15) is 4.98 Å². The zero-order chi connectivity index (χ0) is 28.5. The number of ether oxygens (including phenoxy) is 2. The maximum atomic E-state index is 13.2. The minimum atomic E-state index is -0.155. The maximum Gasteiger partial charge on any atom is 0.276 e. The molecular formula is C29H27ClN6O5. The number of methoxy groups -OCH3 is 2. The van der Waals surface area contributed by atoms with E-state index in [1.807, 2.05) is 24.3 Å². The van der Waals surface area contributed by atoms with Crippen molar-refractivity contribution in [2.24, 2.45) is 0 Å². The summed E-state index contributed by atoms with van der Waals surface area (Å²) in [6.45, 7) is 0.743. The number of nitrogens with zero attached hydrogens (tertiary/aromatic N) is 5. The van der Waals surface area contributed by atoms with Crippen LogP contribution in [0.4, 0.5) is 0 Å². The van der Waals surface area contributed by atoms with Crippen LogP contribution in [0.25, 0.3) is 28.3 Å². The average molecular weight is 575 g/mol. The van der Waals surface area contributed by atoms with Gasteiger partial charge in [0.15, 0.2) is 17.1 Å². The number of benzene rings is 2. The van der Waals surface area contributed by atoms with Crippen molar-refractivity contribution >= 4 is 23.2 Å². The molecular weight excluding hydrogens is 548 g/mol. The highest BCUT2D eigenvalue weighted by atomic mass is 35.5. The van der Waals surface area contributed by atoms with Gasteiger partial charge in [-0.3, -0.25) is 14.7 Å². The molecule has 1 N–H and O–H groups in total. The van der Waals surface area contributed by atoms with E-state index < -0.39 is 0 Å². The topological polar surface area (TPSA) is 128 Å². The van der Waals surface area contributed by atoms with Crippen LogP contribution in [-0.4, -0.2) is 56.3 Å². The van der Waals surface area contributed by atoms with E-state index in [2.05, 4.69) is 15.2 Å². The van der Waals surface area contributed by atoms with E-state index in [0.29, 0.717) is 83.1 Å². The molecule has 0 radical (unpaired) electrons. The molecule has 0 unspecified atom stereocenters. The van der Waals surface area contributed by atoms with Crippen LogP contribution in [0, 0.1) is 0 Å². The number of aromatic nitrogens is 5. The molecule has 12 heteroatoms. The maximum absolute atomic E-state index is 13.2. The number of hydrogen-bond donors (Lipinski definition) is 1. The monoisotopic (exact) mass is 574 g/mol. The Morgan fingerprint density at radius 3 is 2.73 bits per heavy atom. The Morgan fingerprint density at radius 1 is 1.10 bits per heavy atom. The first-order valence-corrected chi connectivity index (χ1v) is 13.5. The quantitative estimate of drug-likeness (QED) is 0.290. The van der Waals surface area contributed by atoms with Crippen LogP contribution in [0.15, 0.2) is 57.8 Å². The molecule has 6 rings (SSSR count). The predicted molar refractivity (Wildman–Crippen MR) is 151 cm³/mol. The number of aryl methyl sites for hydroxylation is 1. The molecule has 41 heavy (non-hydrogen) atoms. The molecule has 2 aromatic carbocycles. The molecule has 1 amide bonds. The third kappa shape index (κ3) is 5.16. The van der Waals surface area contributed by atoms with E-state index in [1.165, 1.54) is 4.52 Å². The van der Waals surface area contributed by atoms with Crippen LogP contribution < -0.4 is 15.0 Å². The van der Waals surface area contributed by atoms with E-state index in [9.17, 15) is 9.59 Å². The zero-order valence-corrected chi connectivity index (χ0v) is 23.3. The SMILES string of the molecule is COc1ccc(-c2noc(CCCC(=O)N3CCc4c(nc5cc(-c6ccccc6Cl)[nH]n5c4=O)C3)n2)cc1OC. The van der Waals surface area contributed by atoms with Crippen molar-refractivity contribution < 1.29 is 18.8 Å². The summed E-state index contributed by atoms with van der Waals surface area (Å²) in [4.78, 5) is 37.2. The van der Waals surface area contributed by atoms with Crippen molar-refractivity contribution in [2.45, 2.75) is 32.2 Å². The highest BCUT2D eigenvalue weighted by Crippen LogP contribution is 2.31. The van der Waals surface area contributed by atoms with E-state index in [-0.39, 0.29) is 18.0 Å². The van der Waals surface area contributed by atoms with Crippen molar-refractivity contribution in [3.8, 4) is 34.1 Å². The van der Waals surface area contributed by atoms with Crippen molar-refractivity contribution in [1.29, 1.82) is 0 Å². The number of hydrogen-bond acceptors (Lipinski definition) is 8. The molecule has 0 saturated carbocycles. The fourth-order valence-electron chi connectivity index (χ4n) is 5.02. The van der Waals surface area contributed by atoms with E-state index in [1.54, 1.807) is 43.4 Å². The summed E-state index contributed by atoms with van der Waals surface area (Å²) >= 11 is 6.34. The summed E-state index contributed by atoms with van der Waals surface area (Å²) in [5.74, 6) is 2.05. The van der Waals surface area contributed by atoms with Crippen LogP contribution in [0.5, 0.6) is 11.5 Å². The van der Waals surface area contributed by atoms with Gasteiger partial charge in [0.2, 0.25) is 17.6 Å². The van der Waals surface area contributed by atoms with Crippen molar-refractivity contribution in [3.63, 3.8) is 0 Å². The third-order valence-electron chi connectivity index (χ3n) is 7.17. The Bertz CT molecular complexity index is 1810. The lowest BCUT2D eigenvalue weighted by Gasteiger charge is -2.27. The first kappa shape index (κ1) is 26.6. The standard InChI is InChI=1S/C29H27ClN6O5/c1-39-23-11-10-17(14-24(23)40-2)28-32-26(41-34-28)8-5-9-27(37)35-13-12-19-22(16-35)31-25-15-21(33-36(25)29(19)38)18-6-3-4-7-20(18)30/h3-4,6-7,10-11,14-15,33H,5,8-9,12-13,16H2,1-2H3. The smallest absolute Gasteiger partial charge is 0.276 e. The van der Waals surface area contributed by atoms with Gasteiger partial charge in [0.05, 0.1) is 32.2 Å². The summed E-state index contributed by atoms with van der Waals surface area (Å²) in [5, 5.41) is 7.75. The van der Waals surface area contributed by atoms with Crippen LogP contribution in [-0.2, 0) is 24.2 Å². The summed E-state index contributed by atoms with van der Waals surface area (Å²) in [6, 6.07) is 14.6. The molecule has 0 saturated heterocycles. The van der Waals surface area contributed by atoms with Gasteiger partial charge in [0, 0.05) is 47.2 Å². The van der Waals surface area contributed by atoms with Gasteiger partial charge in [-0.1, -0.05) is 35.0 Å². The van der Waals surface area contributed by atoms with Crippen molar-refractivity contribution in [1.82, 2.24) is 29.6 Å². The third-order valence-corrected chi connectivity index (χ3v) is 7.50. The number of amides is 1. The highest BCUT2D eigenvalue weighted by Gasteiger charge is 2.25. The Labute approximate surface area is 239 Å². The van der Waals surface area contributed by atoms with Crippen LogP contribution in [0.1, 0.15) is 30.0 Å². The van der Waals surface area contributed by atoms with Crippen LogP contribution in [0.2, 0.25) is 5.02 Å². The average Bonchev–Trinajstić information content (AvgIpc) is 3.64. The fraction of sp³-hybridized carbons (Fsp3) is 0.276. The molecule has 0 atom stereocenters. The Kier molecular flexibility index (Phi) is 7.19. The second-order valence-corrected chi connectivity index (χ2v) is 10.1. The number of H-pyrrole nitrogens is 1. The van der Waals surface area contributed by atoms with Gasteiger partial charge >= 0.3 is 0 Å². The second kappa shape index (κ2) is 11.1. The summed E-state index contributed by atoms with van der Waals surface area (Å²) in [5.41, 5.74) is 3.79. The number of carbonyl (C=O) groups is 1. The van der Waals surface area contributed by atoms with Gasteiger partial charge in [0.1, 0.15) is 0 Å². The van der Waals surface area contributed by atoms with Crippen molar-refractivity contribution in [3.05, 3.63) is 81.1 Å². The normalized spacial score (nSPS) is 12.9. The van der Waals surface area contributed by atoms with Crippen molar-refractivity contribution in [2.75, 3.05) is 20.8 Å². The molecule has 1 aliphatic rings. The highest BCUT2D eigenvalue weighted by molar-refractivity contribution is 6.33. The summed E-state index contributed by atoms with van der Waals surface area (Å²) < 4.78 is 17.5. The summed E-state index contributed by atoms with van der Waals surface area (Å²) in [6.07, 6.45) is 1.76.